The van der Waals surface area contributed by atoms with E-state index in [4.69, 9.17) is 14.2 Å². The summed E-state index contributed by atoms with van der Waals surface area (Å²) in [6.07, 6.45) is 0.566. The van der Waals surface area contributed by atoms with Crippen LogP contribution in [0.25, 0.3) is 5.76 Å². The van der Waals surface area contributed by atoms with Crippen LogP contribution < -0.4 is 9.47 Å². The molecule has 35 heavy (non-hydrogen) atoms. The minimum absolute atomic E-state index is 0.0829. The highest BCUT2D eigenvalue weighted by molar-refractivity contribution is 6.46. The highest BCUT2D eigenvalue weighted by atomic mass is 16.5. The number of likely N-dealkylation sites (tertiary alicyclic amines) is 1. The molecule has 7 heteroatoms. The van der Waals surface area contributed by atoms with E-state index in [0.29, 0.717) is 37.5 Å². The molecule has 2 aromatic carbocycles. The van der Waals surface area contributed by atoms with Gasteiger partial charge in [0.1, 0.15) is 17.3 Å². The van der Waals surface area contributed by atoms with Crippen molar-refractivity contribution in [3.63, 3.8) is 0 Å². The van der Waals surface area contributed by atoms with Gasteiger partial charge in [-0.3, -0.25) is 9.59 Å². The monoisotopic (exact) mass is 481 g/mol. The molecular weight excluding hydrogens is 446 g/mol. The summed E-state index contributed by atoms with van der Waals surface area (Å²) in [5.41, 5.74) is 2.98. The van der Waals surface area contributed by atoms with Crippen LogP contribution in [0.3, 0.4) is 0 Å². The van der Waals surface area contributed by atoms with Crippen molar-refractivity contribution in [1.29, 1.82) is 0 Å². The Morgan fingerprint density at radius 3 is 2.37 bits per heavy atom. The second kappa shape index (κ2) is 11.4. The first kappa shape index (κ1) is 26.3. The van der Waals surface area contributed by atoms with Gasteiger partial charge in [0.25, 0.3) is 11.7 Å². The Morgan fingerprint density at radius 2 is 1.80 bits per heavy atom. The van der Waals surface area contributed by atoms with E-state index in [9.17, 15) is 14.7 Å². The standard InChI is InChI=1S/C28H35NO6/c1-7-35-20-11-9-19(10-12-20)25-24(27(31)28(32)29(25)13-8-14-33-5)26(30)22-16-21(17(2)3)23(34-6)15-18(22)4/h9-12,15-17,25,30H,7-8,13-14H2,1-6H3/b26-24+. The number of aryl methyl sites for hydroxylation is 1. The van der Waals surface area contributed by atoms with Crippen LogP contribution in [0.4, 0.5) is 0 Å². The zero-order chi connectivity index (χ0) is 25.7. The number of hydrogen-bond donors (Lipinski definition) is 1. The molecule has 1 fully saturated rings. The summed E-state index contributed by atoms with van der Waals surface area (Å²) >= 11 is 0. The molecular formula is C28H35NO6. The molecule has 0 bridgehead atoms. The summed E-state index contributed by atoms with van der Waals surface area (Å²) in [5, 5.41) is 11.5. The van der Waals surface area contributed by atoms with Crippen LogP contribution in [0.15, 0.2) is 42.0 Å². The van der Waals surface area contributed by atoms with Crippen molar-refractivity contribution in [2.24, 2.45) is 0 Å². The summed E-state index contributed by atoms with van der Waals surface area (Å²) in [5.74, 6) is 0.0446. The molecule has 2 aromatic rings. The number of carbonyl (C=O) groups is 2. The van der Waals surface area contributed by atoms with Gasteiger partial charge in [-0.2, -0.15) is 0 Å². The molecule has 0 saturated carbocycles. The average molecular weight is 482 g/mol. The first-order chi connectivity index (χ1) is 16.7. The number of methoxy groups -OCH3 is 2. The van der Waals surface area contributed by atoms with Gasteiger partial charge in [0.15, 0.2) is 0 Å². The van der Waals surface area contributed by atoms with Crippen LogP contribution in [0.2, 0.25) is 0 Å². The van der Waals surface area contributed by atoms with E-state index in [-0.39, 0.29) is 17.3 Å². The first-order valence-corrected chi connectivity index (χ1v) is 11.9. The Morgan fingerprint density at radius 1 is 1.11 bits per heavy atom. The Hall–Kier alpha value is -3.32. The van der Waals surface area contributed by atoms with Crippen LogP contribution in [-0.4, -0.2) is 55.7 Å². The van der Waals surface area contributed by atoms with Crippen LogP contribution in [-0.2, 0) is 14.3 Å². The van der Waals surface area contributed by atoms with Crippen molar-refractivity contribution >= 4 is 17.4 Å². The van der Waals surface area contributed by atoms with Gasteiger partial charge in [-0.1, -0.05) is 26.0 Å². The Kier molecular flexibility index (Phi) is 8.57. The number of carbonyl (C=O) groups excluding carboxylic acids is 2. The van der Waals surface area contributed by atoms with E-state index in [1.54, 1.807) is 14.2 Å². The van der Waals surface area contributed by atoms with E-state index < -0.39 is 17.7 Å². The molecule has 1 atom stereocenters. The SMILES string of the molecule is CCOc1ccc(C2/C(=C(\O)c3cc(C(C)C)c(OC)cc3C)C(=O)C(=O)N2CCCOC)cc1. The molecule has 0 spiro atoms. The van der Waals surface area contributed by atoms with Crippen molar-refractivity contribution in [3.05, 3.63) is 64.2 Å². The van der Waals surface area contributed by atoms with Gasteiger partial charge in [-0.25, -0.2) is 0 Å². The van der Waals surface area contributed by atoms with E-state index in [1.807, 2.05) is 64.1 Å². The second-order valence-corrected chi connectivity index (χ2v) is 8.90. The first-order valence-electron chi connectivity index (χ1n) is 11.9. The minimum Gasteiger partial charge on any atom is -0.507 e. The number of benzene rings is 2. The number of nitrogens with zero attached hydrogens (tertiary/aromatic N) is 1. The summed E-state index contributed by atoms with van der Waals surface area (Å²) < 4.78 is 16.2. The Labute approximate surface area is 207 Å². The summed E-state index contributed by atoms with van der Waals surface area (Å²) in [4.78, 5) is 27.9. The van der Waals surface area contributed by atoms with Crippen molar-refractivity contribution < 1.29 is 28.9 Å². The van der Waals surface area contributed by atoms with Crippen molar-refractivity contribution in [3.8, 4) is 11.5 Å². The molecule has 1 saturated heterocycles. The maximum atomic E-state index is 13.3. The quantitative estimate of drug-likeness (QED) is 0.223. The van der Waals surface area contributed by atoms with Crippen molar-refractivity contribution in [2.75, 3.05) is 34.0 Å². The summed E-state index contributed by atoms with van der Waals surface area (Å²) in [6.45, 7) is 9.13. The zero-order valence-electron chi connectivity index (χ0n) is 21.4. The smallest absolute Gasteiger partial charge is 0.295 e. The number of Topliss-reactive ketones (excluding diaryl/α,β-unsaturated/α-hetero) is 1. The molecule has 3 rings (SSSR count). The highest BCUT2D eigenvalue weighted by Gasteiger charge is 2.46. The molecule has 1 aliphatic rings. The summed E-state index contributed by atoms with van der Waals surface area (Å²) in [7, 11) is 3.20. The molecule has 1 heterocycles. The topological polar surface area (TPSA) is 85.3 Å². The molecule has 1 N–H and O–H groups in total. The van der Waals surface area contributed by atoms with E-state index in [2.05, 4.69) is 0 Å². The minimum atomic E-state index is -0.716. The Bertz CT molecular complexity index is 1100. The third-order valence-corrected chi connectivity index (χ3v) is 6.25. The van der Waals surface area contributed by atoms with Gasteiger partial charge in [-0.15, -0.1) is 0 Å². The lowest BCUT2D eigenvalue weighted by Gasteiger charge is -2.25. The van der Waals surface area contributed by atoms with Gasteiger partial charge in [0.2, 0.25) is 0 Å². The average Bonchev–Trinajstić information content (AvgIpc) is 3.09. The summed E-state index contributed by atoms with van der Waals surface area (Å²) in [6, 6.07) is 10.3. The lowest BCUT2D eigenvalue weighted by molar-refractivity contribution is -0.140. The predicted octanol–water partition coefficient (Wildman–Crippen LogP) is 4.98. The predicted molar refractivity (Wildman–Crippen MR) is 135 cm³/mol. The van der Waals surface area contributed by atoms with Crippen molar-refractivity contribution in [2.45, 2.75) is 46.1 Å². The number of aliphatic hydroxyl groups excluding tert-OH is 1. The number of amides is 1. The highest BCUT2D eigenvalue weighted by Crippen LogP contribution is 2.41. The third kappa shape index (κ3) is 5.35. The normalized spacial score (nSPS) is 17.3. The number of aliphatic hydroxyl groups is 1. The largest absolute Gasteiger partial charge is 0.507 e. The molecule has 0 radical (unpaired) electrons. The van der Waals surface area contributed by atoms with Gasteiger partial charge in [-0.05, 0) is 67.1 Å². The second-order valence-electron chi connectivity index (χ2n) is 8.90. The number of hydrogen-bond acceptors (Lipinski definition) is 6. The van der Waals surface area contributed by atoms with Gasteiger partial charge < -0.3 is 24.2 Å². The van der Waals surface area contributed by atoms with Crippen LogP contribution in [0, 0.1) is 6.92 Å². The van der Waals surface area contributed by atoms with Crippen LogP contribution in [0.5, 0.6) is 11.5 Å². The lowest BCUT2D eigenvalue weighted by Crippen LogP contribution is -2.31. The maximum Gasteiger partial charge on any atom is 0.295 e. The van der Waals surface area contributed by atoms with Crippen molar-refractivity contribution in [1.82, 2.24) is 4.90 Å². The lowest BCUT2D eigenvalue weighted by atomic mass is 9.91. The number of ketones is 1. The fourth-order valence-electron chi connectivity index (χ4n) is 4.48. The Balaban J connectivity index is 2.18. The fraction of sp³-hybridized carbons (Fsp3) is 0.429. The number of ether oxygens (including phenoxy) is 3. The van der Waals surface area contributed by atoms with Gasteiger partial charge in [0.05, 0.1) is 25.3 Å². The fourth-order valence-corrected chi connectivity index (χ4v) is 4.48. The van der Waals surface area contributed by atoms with Crippen LogP contribution >= 0.6 is 0 Å². The molecule has 1 aliphatic heterocycles. The van der Waals surface area contributed by atoms with E-state index in [0.717, 1.165) is 22.4 Å². The zero-order valence-corrected chi connectivity index (χ0v) is 21.4. The van der Waals surface area contributed by atoms with Crippen LogP contribution in [0.1, 0.15) is 61.4 Å². The molecule has 0 aromatic heterocycles. The van der Waals surface area contributed by atoms with Gasteiger partial charge >= 0.3 is 0 Å². The molecule has 188 valence electrons. The molecule has 1 unspecified atom stereocenters. The maximum absolute atomic E-state index is 13.3. The van der Waals surface area contributed by atoms with E-state index in [1.165, 1.54) is 4.90 Å². The van der Waals surface area contributed by atoms with E-state index >= 15 is 0 Å². The number of rotatable bonds is 10. The van der Waals surface area contributed by atoms with Gasteiger partial charge in [0, 0.05) is 25.8 Å². The molecule has 0 aliphatic carbocycles. The molecule has 1 amide bonds. The third-order valence-electron chi connectivity index (χ3n) is 6.25. The molecule has 7 nitrogen and oxygen atoms in total.